The summed E-state index contributed by atoms with van der Waals surface area (Å²) in [6.07, 6.45) is 4.99. The number of terminal acetylenes is 1. The van der Waals surface area contributed by atoms with Crippen LogP contribution in [0.25, 0.3) is 0 Å². The van der Waals surface area contributed by atoms with E-state index in [9.17, 15) is 9.18 Å². The molecule has 0 atom stereocenters. The molecule has 1 amide bonds. The van der Waals surface area contributed by atoms with Gasteiger partial charge in [-0.15, -0.1) is 6.42 Å². The van der Waals surface area contributed by atoms with Gasteiger partial charge in [-0.1, -0.05) is 18.1 Å². The molecule has 2 N–H and O–H groups in total. The summed E-state index contributed by atoms with van der Waals surface area (Å²) in [6, 6.07) is 5.98. The van der Waals surface area contributed by atoms with Gasteiger partial charge in [-0.3, -0.25) is 10.1 Å². The Hall–Kier alpha value is -1.86. The predicted octanol–water partition coefficient (Wildman–Crippen LogP) is 0.987. The van der Waals surface area contributed by atoms with Crippen LogP contribution in [-0.4, -0.2) is 19.0 Å². The second-order valence-electron chi connectivity index (χ2n) is 2.84. The zero-order valence-electron chi connectivity index (χ0n) is 8.09. The number of hydrogen-bond acceptors (Lipinski definition) is 2. The van der Waals surface area contributed by atoms with Crippen LogP contribution in [0.15, 0.2) is 24.3 Å². The van der Waals surface area contributed by atoms with E-state index in [1.54, 1.807) is 12.1 Å². The molecular formula is C11H11FN2O. The predicted molar refractivity (Wildman–Crippen MR) is 56.7 cm³/mol. The van der Waals surface area contributed by atoms with Gasteiger partial charge in [-0.05, 0) is 12.1 Å². The molecule has 15 heavy (non-hydrogen) atoms. The third kappa shape index (κ3) is 3.79. The number of hydrogen-bond donors (Lipinski definition) is 2. The normalized spacial score (nSPS) is 9.33. The third-order valence-corrected chi connectivity index (χ3v) is 1.66. The van der Waals surface area contributed by atoms with Crippen LogP contribution in [0, 0.1) is 18.2 Å². The lowest BCUT2D eigenvalue weighted by molar-refractivity contribution is -0.115. The van der Waals surface area contributed by atoms with Crippen molar-refractivity contribution in [2.45, 2.75) is 0 Å². The molecular weight excluding hydrogens is 195 g/mol. The van der Waals surface area contributed by atoms with E-state index in [4.69, 9.17) is 6.42 Å². The van der Waals surface area contributed by atoms with E-state index in [0.717, 1.165) is 0 Å². The maximum Gasteiger partial charge on any atom is 0.238 e. The molecule has 0 aliphatic rings. The average molecular weight is 206 g/mol. The van der Waals surface area contributed by atoms with E-state index in [0.29, 0.717) is 6.54 Å². The number of benzene rings is 1. The Balaban J connectivity index is 2.45. The molecule has 78 valence electrons. The molecule has 0 unspecified atom stereocenters. The van der Waals surface area contributed by atoms with Crippen LogP contribution in [0.1, 0.15) is 0 Å². The molecule has 0 fully saturated rings. The van der Waals surface area contributed by atoms with E-state index in [1.165, 1.54) is 12.1 Å². The minimum absolute atomic E-state index is 0.0680. The first kappa shape index (κ1) is 11.2. The van der Waals surface area contributed by atoms with Crippen LogP contribution in [-0.2, 0) is 4.79 Å². The molecule has 0 aliphatic carbocycles. The van der Waals surface area contributed by atoms with Crippen LogP contribution < -0.4 is 10.6 Å². The minimum atomic E-state index is -0.456. The van der Waals surface area contributed by atoms with Gasteiger partial charge in [0.25, 0.3) is 0 Å². The molecule has 0 radical (unpaired) electrons. The number of carbonyl (C=O) groups is 1. The van der Waals surface area contributed by atoms with E-state index >= 15 is 0 Å². The van der Waals surface area contributed by atoms with Gasteiger partial charge in [0.15, 0.2) is 0 Å². The smallest absolute Gasteiger partial charge is 0.238 e. The van der Waals surface area contributed by atoms with Crippen molar-refractivity contribution in [2.24, 2.45) is 0 Å². The fourth-order valence-corrected chi connectivity index (χ4v) is 1.01. The van der Waals surface area contributed by atoms with Crippen LogP contribution in [0.5, 0.6) is 0 Å². The molecule has 1 aromatic carbocycles. The second kappa shape index (κ2) is 5.78. The Bertz CT molecular complexity index is 384. The van der Waals surface area contributed by atoms with Gasteiger partial charge >= 0.3 is 0 Å². The maximum atomic E-state index is 13.1. The molecule has 4 heteroatoms. The molecule has 0 spiro atoms. The lowest BCUT2D eigenvalue weighted by atomic mass is 10.3. The molecule has 1 aromatic rings. The number of anilines is 1. The van der Waals surface area contributed by atoms with Crippen molar-refractivity contribution in [1.82, 2.24) is 5.32 Å². The van der Waals surface area contributed by atoms with Crippen molar-refractivity contribution in [2.75, 3.05) is 18.4 Å². The van der Waals surface area contributed by atoms with Gasteiger partial charge in [0.2, 0.25) is 5.91 Å². The monoisotopic (exact) mass is 206 g/mol. The van der Waals surface area contributed by atoms with Crippen molar-refractivity contribution in [3.63, 3.8) is 0 Å². The fourth-order valence-electron chi connectivity index (χ4n) is 1.01. The zero-order valence-corrected chi connectivity index (χ0v) is 8.09. The highest BCUT2D eigenvalue weighted by Gasteiger charge is 2.04. The van der Waals surface area contributed by atoms with Gasteiger partial charge in [-0.2, -0.15) is 0 Å². The highest BCUT2D eigenvalue weighted by atomic mass is 19.1. The Morgan fingerprint density at radius 2 is 2.20 bits per heavy atom. The van der Waals surface area contributed by atoms with E-state index < -0.39 is 5.82 Å². The van der Waals surface area contributed by atoms with Crippen molar-refractivity contribution in [3.8, 4) is 12.3 Å². The summed E-state index contributed by atoms with van der Waals surface area (Å²) in [5, 5.41) is 5.13. The van der Waals surface area contributed by atoms with Gasteiger partial charge in [0.05, 0.1) is 18.8 Å². The molecule has 0 heterocycles. The third-order valence-electron chi connectivity index (χ3n) is 1.66. The van der Waals surface area contributed by atoms with E-state index in [2.05, 4.69) is 16.6 Å². The molecule has 1 rings (SSSR count). The minimum Gasteiger partial charge on any atom is -0.322 e. The van der Waals surface area contributed by atoms with Gasteiger partial charge < -0.3 is 5.32 Å². The number of halogens is 1. The van der Waals surface area contributed by atoms with Crippen LogP contribution in [0.4, 0.5) is 10.1 Å². The molecule has 3 nitrogen and oxygen atoms in total. The summed E-state index contributed by atoms with van der Waals surface area (Å²) < 4.78 is 13.1. The van der Waals surface area contributed by atoms with Gasteiger partial charge in [0.1, 0.15) is 5.82 Å². The SMILES string of the molecule is C#CCNCC(=O)Nc1ccccc1F. The number of nitrogens with one attached hydrogen (secondary N) is 2. The molecule has 0 bridgehead atoms. The second-order valence-corrected chi connectivity index (χ2v) is 2.84. The molecule has 0 saturated heterocycles. The number of para-hydroxylation sites is 1. The van der Waals surface area contributed by atoms with E-state index in [1.807, 2.05) is 0 Å². The van der Waals surface area contributed by atoms with Crippen molar-refractivity contribution in [3.05, 3.63) is 30.1 Å². The first-order valence-corrected chi connectivity index (χ1v) is 4.42. The first-order chi connectivity index (χ1) is 7.24. The Morgan fingerprint density at radius 3 is 2.87 bits per heavy atom. The first-order valence-electron chi connectivity index (χ1n) is 4.42. The molecule has 0 aromatic heterocycles. The number of rotatable bonds is 4. The van der Waals surface area contributed by atoms with E-state index in [-0.39, 0.29) is 18.1 Å². The van der Waals surface area contributed by atoms with Gasteiger partial charge in [-0.25, -0.2) is 4.39 Å². The Labute approximate surface area is 87.7 Å². The largest absolute Gasteiger partial charge is 0.322 e. The highest BCUT2D eigenvalue weighted by molar-refractivity contribution is 5.92. The summed E-state index contributed by atoms with van der Waals surface area (Å²) in [4.78, 5) is 11.2. The fraction of sp³-hybridized carbons (Fsp3) is 0.182. The number of amides is 1. The lowest BCUT2D eigenvalue weighted by Gasteiger charge is -2.05. The van der Waals surface area contributed by atoms with Crippen LogP contribution in [0.2, 0.25) is 0 Å². The highest BCUT2D eigenvalue weighted by Crippen LogP contribution is 2.11. The summed E-state index contributed by atoms with van der Waals surface area (Å²) in [5.74, 6) is 1.55. The van der Waals surface area contributed by atoms with Crippen LogP contribution in [0.3, 0.4) is 0 Å². The summed E-state index contributed by atoms with van der Waals surface area (Å²) in [7, 11) is 0. The van der Waals surface area contributed by atoms with Crippen molar-refractivity contribution < 1.29 is 9.18 Å². The number of carbonyl (C=O) groups excluding carboxylic acids is 1. The maximum absolute atomic E-state index is 13.1. The summed E-state index contributed by atoms with van der Waals surface area (Å²) in [6.45, 7) is 0.378. The lowest BCUT2D eigenvalue weighted by Crippen LogP contribution is -2.28. The quantitative estimate of drug-likeness (QED) is 0.569. The Kier molecular flexibility index (Phi) is 4.32. The standard InChI is InChI=1S/C11H11FN2O/c1-2-7-13-8-11(15)14-10-6-4-3-5-9(10)12/h1,3-6,13H,7-8H2,(H,14,15). The summed E-state index contributed by atoms with van der Waals surface area (Å²) in [5.41, 5.74) is 0.171. The summed E-state index contributed by atoms with van der Waals surface area (Å²) >= 11 is 0. The van der Waals surface area contributed by atoms with Gasteiger partial charge in [0, 0.05) is 0 Å². The van der Waals surface area contributed by atoms with Crippen molar-refractivity contribution in [1.29, 1.82) is 0 Å². The zero-order chi connectivity index (χ0) is 11.1. The molecule has 0 saturated carbocycles. The average Bonchev–Trinajstić information content (AvgIpc) is 2.22. The Morgan fingerprint density at radius 1 is 1.47 bits per heavy atom. The molecule has 0 aliphatic heterocycles. The van der Waals surface area contributed by atoms with Crippen LogP contribution >= 0.6 is 0 Å². The van der Waals surface area contributed by atoms with Crippen molar-refractivity contribution >= 4 is 11.6 Å². The topological polar surface area (TPSA) is 41.1 Å².